The first kappa shape index (κ1) is 14.1. The van der Waals surface area contributed by atoms with Gasteiger partial charge in [0.1, 0.15) is 0 Å². The SMILES string of the molecule is CN(C1CCC(c2ccccc2)CC1)C(CN)C1CC1. The number of benzene rings is 1. The Kier molecular flexibility index (Phi) is 4.42. The van der Waals surface area contributed by atoms with Crippen molar-refractivity contribution in [3.05, 3.63) is 35.9 Å². The highest BCUT2D eigenvalue weighted by molar-refractivity contribution is 5.20. The van der Waals surface area contributed by atoms with E-state index in [1.54, 1.807) is 0 Å². The summed E-state index contributed by atoms with van der Waals surface area (Å²) in [5, 5.41) is 0. The van der Waals surface area contributed by atoms with Crippen LogP contribution in [0.2, 0.25) is 0 Å². The Labute approximate surface area is 123 Å². The monoisotopic (exact) mass is 272 g/mol. The molecule has 20 heavy (non-hydrogen) atoms. The molecule has 110 valence electrons. The molecule has 1 aromatic rings. The lowest BCUT2D eigenvalue weighted by Gasteiger charge is -2.39. The molecule has 3 rings (SSSR count). The first-order valence-electron chi connectivity index (χ1n) is 8.26. The van der Waals surface area contributed by atoms with Crippen LogP contribution in [0.25, 0.3) is 0 Å². The van der Waals surface area contributed by atoms with E-state index in [4.69, 9.17) is 5.73 Å². The molecule has 2 fully saturated rings. The molecule has 1 unspecified atom stereocenters. The van der Waals surface area contributed by atoms with E-state index in [2.05, 4.69) is 42.3 Å². The van der Waals surface area contributed by atoms with Crippen molar-refractivity contribution in [2.75, 3.05) is 13.6 Å². The molecular formula is C18H28N2. The molecule has 2 saturated carbocycles. The number of nitrogens with zero attached hydrogens (tertiary/aromatic N) is 1. The minimum absolute atomic E-state index is 0.633. The maximum atomic E-state index is 6.00. The Bertz CT molecular complexity index is 405. The van der Waals surface area contributed by atoms with Gasteiger partial charge in [0.05, 0.1) is 0 Å². The largest absolute Gasteiger partial charge is 0.329 e. The third-order valence-corrected chi connectivity index (χ3v) is 5.47. The summed E-state index contributed by atoms with van der Waals surface area (Å²) >= 11 is 0. The minimum atomic E-state index is 0.633. The van der Waals surface area contributed by atoms with Gasteiger partial charge < -0.3 is 5.73 Å². The van der Waals surface area contributed by atoms with Crippen LogP contribution in [0.15, 0.2) is 30.3 Å². The van der Waals surface area contributed by atoms with Crippen molar-refractivity contribution in [2.24, 2.45) is 11.7 Å². The first-order chi connectivity index (χ1) is 9.79. The van der Waals surface area contributed by atoms with Crippen LogP contribution < -0.4 is 5.73 Å². The molecule has 2 aliphatic rings. The van der Waals surface area contributed by atoms with E-state index in [1.807, 2.05) is 0 Å². The zero-order valence-corrected chi connectivity index (χ0v) is 12.7. The molecule has 2 N–H and O–H groups in total. The van der Waals surface area contributed by atoms with Gasteiger partial charge in [-0.3, -0.25) is 4.90 Å². The molecule has 0 amide bonds. The zero-order chi connectivity index (χ0) is 13.9. The molecule has 0 saturated heterocycles. The smallest absolute Gasteiger partial charge is 0.0246 e. The Morgan fingerprint density at radius 3 is 2.25 bits per heavy atom. The van der Waals surface area contributed by atoms with Gasteiger partial charge in [-0.1, -0.05) is 30.3 Å². The van der Waals surface area contributed by atoms with Gasteiger partial charge >= 0.3 is 0 Å². The average Bonchev–Trinajstić information content (AvgIpc) is 3.34. The topological polar surface area (TPSA) is 29.3 Å². The van der Waals surface area contributed by atoms with Crippen LogP contribution in [-0.4, -0.2) is 30.6 Å². The number of rotatable bonds is 5. The van der Waals surface area contributed by atoms with E-state index in [1.165, 1.54) is 44.1 Å². The van der Waals surface area contributed by atoms with Crippen LogP contribution in [0.3, 0.4) is 0 Å². The van der Waals surface area contributed by atoms with Gasteiger partial charge in [0.2, 0.25) is 0 Å². The third kappa shape index (κ3) is 3.07. The van der Waals surface area contributed by atoms with E-state index >= 15 is 0 Å². The molecule has 2 nitrogen and oxygen atoms in total. The van der Waals surface area contributed by atoms with Gasteiger partial charge in [0.15, 0.2) is 0 Å². The zero-order valence-electron chi connectivity index (χ0n) is 12.7. The molecule has 0 heterocycles. The second-order valence-electron chi connectivity index (χ2n) is 6.72. The van der Waals surface area contributed by atoms with Gasteiger partial charge in [-0.05, 0) is 63.0 Å². The summed E-state index contributed by atoms with van der Waals surface area (Å²) in [5.74, 6) is 1.66. The van der Waals surface area contributed by atoms with Crippen molar-refractivity contribution < 1.29 is 0 Å². The van der Waals surface area contributed by atoms with Crippen molar-refractivity contribution in [1.29, 1.82) is 0 Å². The number of nitrogens with two attached hydrogens (primary N) is 1. The molecule has 2 aliphatic carbocycles. The maximum Gasteiger partial charge on any atom is 0.0246 e. The lowest BCUT2D eigenvalue weighted by molar-refractivity contribution is 0.122. The normalized spacial score (nSPS) is 28.6. The molecule has 0 radical (unpaired) electrons. The van der Waals surface area contributed by atoms with Crippen molar-refractivity contribution >= 4 is 0 Å². The summed E-state index contributed by atoms with van der Waals surface area (Å²) in [5.41, 5.74) is 7.53. The molecule has 0 spiro atoms. The van der Waals surface area contributed by atoms with Gasteiger partial charge in [-0.15, -0.1) is 0 Å². The second-order valence-corrected chi connectivity index (χ2v) is 6.72. The lowest BCUT2D eigenvalue weighted by atomic mass is 9.81. The van der Waals surface area contributed by atoms with Crippen molar-refractivity contribution in [1.82, 2.24) is 4.90 Å². The third-order valence-electron chi connectivity index (χ3n) is 5.47. The Morgan fingerprint density at radius 2 is 1.70 bits per heavy atom. The van der Waals surface area contributed by atoms with Crippen molar-refractivity contribution in [2.45, 2.75) is 56.5 Å². The molecule has 1 atom stereocenters. The standard InChI is InChI=1S/C18H28N2/c1-20(18(13-19)16-7-8-16)17-11-9-15(10-12-17)14-5-3-2-4-6-14/h2-6,15-18H,7-13,19H2,1H3. The van der Waals surface area contributed by atoms with E-state index in [-0.39, 0.29) is 0 Å². The van der Waals surface area contributed by atoms with Gasteiger partial charge in [0, 0.05) is 18.6 Å². The highest BCUT2D eigenvalue weighted by Gasteiger charge is 2.36. The van der Waals surface area contributed by atoms with Crippen LogP contribution in [0.5, 0.6) is 0 Å². The predicted molar refractivity (Wildman–Crippen MR) is 84.8 cm³/mol. The Hall–Kier alpha value is -0.860. The van der Waals surface area contributed by atoms with Crippen LogP contribution in [-0.2, 0) is 0 Å². The van der Waals surface area contributed by atoms with Crippen LogP contribution in [0, 0.1) is 5.92 Å². The first-order valence-corrected chi connectivity index (χ1v) is 8.26. The van der Waals surface area contributed by atoms with Crippen LogP contribution >= 0.6 is 0 Å². The number of hydrogen-bond acceptors (Lipinski definition) is 2. The van der Waals surface area contributed by atoms with E-state index < -0.39 is 0 Å². The van der Waals surface area contributed by atoms with Crippen molar-refractivity contribution in [3.63, 3.8) is 0 Å². The number of likely N-dealkylation sites (N-methyl/N-ethyl adjacent to an activating group) is 1. The summed E-state index contributed by atoms with van der Waals surface area (Å²) in [6.45, 7) is 0.833. The van der Waals surface area contributed by atoms with Gasteiger partial charge in [-0.25, -0.2) is 0 Å². The van der Waals surface area contributed by atoms with E-state index in [0.717, 1.165) is 24.4 Å². The molecular weight excluding hydrogens is 244 g/mol. The van der Waals surface area contributed by atoms with E-state index in [0.29, 0.717) is 6.04 Å². The fourth-order valence-electron chi connectivity index (χ4n) is 3.98. The Morgan fingerprint density at radius 1 is 1.05 bits per heavy atom. The molecule has 0 aromatic heterocycles. The molecule has 1 aromatic carbocycles. The highest BCUT2D eigenvalue weighted by Crippen LogP contribution is 2.39. The second kappa shape index (κ2) is 6.28. The summed E-state index contributed by atoms with van der Waals surface area (Å²) < 4.78 is 0. The minimum Gasteiger partial charge on any atom is -0.329 e. The quantitative estimate of drug-likeness (QED) is 0.890. The lowest BCUT2D eigenvalue weighted by Crippen LogP contribution is -2.46. The van der Waals surface area contributed by atoms with Gasteiger partial charge in [-0.2, -0.15) is 0 Å². The molecule has 0 aliphatic heterocycles. The fraction of sp³-hybridized carbons (Fsp3) is 0.667. The van der Waals surface area contributed by atoms with Gasteiger partial charge in [0.25, 0.3) is 0 Å². The fourth-order valence-corrected chi connectivity index (χ4v) is 3.98. The summed E-state index contributed by atoms with van der Waals surface area (Å²) in [7, 11) is 2.31. The van der Waals surface area contributed by atoms with Crippen molar-refractivity contribution in [3.8, 4) is 0 Å². The average molecular weight is 272 g/mol. The molecule has 0 bridgehead atoms. The summed E-state index contributed by atoms with van der Waals surface area (Å²) in [4.78, 5) is 2.61. The summed E-state index contributed by atoms with van der Waals surface area (Å²) in [6.07, 6.45) is 8.12. The van der Waals surface area contributed by atoms with E-state index in [9.17, 15) is 0 Å². The molecule has 2 heteroatoms. The highest BCUT2D eigenvalue weighted by atomic mass is 15.2. The van der Waals surface area contributed by atoms with Crippen LogP contribution in [0.1, 0.15) is 50.0 Å². The Balaban J connectivity index is 1.55. The predicted octanol–water partition coefficient (Wildman–Crippen LogP) is 3.38. The number of hydrogen-bond donors (Lipinski definition) is 1. The summed E-state index contributed by atoms with van der Waals surface area (Å²) in [6, 6.07) is 12.4. The maximum absolute atomic E-state index is 6.00. The van der Waals surface area contributed by atoms with Crippen LogP contribution in [0.4, 0.5) is 0 Å².